The summed E-state index contributed by atoms with van der Waals surface area (Å²) in [6, 6.07) is 8.36. The maximum absolute atomic E-state index is 11.8. The summed E-state index contributed by atoms with van der Waals surface area (Å²) in [5, 5.41) is 13.4. The van der Waals surface area contributed by atoms with Gasteiger partial charge in [-0.15, -0.1) is 0 Å². The van der Waals surface area contributed by atoms with Crippen LogP contribution in [-0.2, 0) is 17.8 Å². The van der Waals surface area contributed by atoms with Crippen LogP contribution in [-0.4, -0.2) is 45.7 Å². The van der Waals surface area contributed by atoms with Gasteiger partial charge >= 0.3 is 0 Å². The summed E-state index contributed by atoms with van der Waals surface area (Å²) in [5.41, 5.74) is 8.14. The van der Waals surface area contributed by atoms with E-state index < -0.39 is 0 Å². The summed E-state index contributed by atoms with van der Waals surface area (Å²) in [6.07, 6.45) is 1.06. The van der Waals surface area contributed by atoms with Crippen molar-refractivity contribution in [2.75, 3.05) is 30.3 Å². The number of nitrogens with two attached hydrogens (primary N) is 1. The second-order valence-electron chi connectivity index (χ2n) is 4.91. The Morgan fingerprint density at radius 1 is 1.38 bits per heavy atom. The number of anilines is 2. The first-order chi connectivity index (χ1) is 10.2. The van der Waals surface area contributed by atoms with Gasteiger partial charge in [0.15, 0.2) is 0 Å². The average Bonchev–Trinajstić information content (AvgIpc) is 3.07. The van der Waals surface area contributed by atoms with Crippen LogP contribution in [0, 0.1) is 0 Å². The summed E-state index contributed by atoms with van der Waals surface area (Å²) in [4.78, 5) is 14.1. The van der Waals surface area contributed by atoms with Gasteiger partial charge < -0.3 is 16.0 Å². The number of tetrazole rings is 1. The van der Waals surface area contributed by atoms with E-state index in [1.54, 1.807) is 0 Å². The van der Waals surface area contributed by atoms with Gasteiger partial charge in [0.25, 0.3) is 0 Å². The molecular weight excluding hydrogens is 270 g/mol. The summed E-state index contributed by atoms with van der Waals surface area (Å²) in [7, 11) is 0. The molecule has 3 rings (SSSR count). The highest BCUT2D eigenvalue weighted by Crippen LogP contribution is 2.26. The number of nitrogens with zero attached hydrogens (tertiary/aromatic N) is 5. The Kier molecular flexibility index (Phi) is 3.67. The molecule has 0 radical (unpaired) electrons. The number of aromatic nitrogens is 4. The largest absolute Gasteiger partial charge is 0.369 e. The molecule has 2 heterocycles. The van der Waals surface area contributed by atoms with Gasteiger partial charge in [0.1, 0.15) is 6.54 Å². The van der Waals surface area contributed by atoms with Crippen molar-refractivity contribution in [1.29, 1.82) is 0 Å². The fraction of sp³-hybridized carbons (Fsp3) is 0.385. The molecule has 0 saturated carbocycles. The zero-order valence-electron chi connectivity index (χ0n) is 11.6. The standard InChI is InChI=1S/C13H17N7O/c14-13-16-17-18-20(13)9-12(21)15-6-8-19-7-5-10-3-1-2-4-11(10)19/h1-4H,5-9H2,(H,15,21)(H2,14,16,18). The Hall–Kier alpha value is -2.64. The molecule has 0 unspecified atom stereocenters. The van der Waals surface area contributed by atoms with Crippen molar-refractivity contribution in [3.63, 3.8) is 0 Å². The SMILES string of the molecule is Nc1nnnn1CC(=O)NCCN1CCc2ccccc21. The Morgan fingerprint density at radius 3 is 3.05 bits per heavy atom. The van der Waals surface area contributed by atoms with E-state index in [0.717, 1.165) is 19.5 Å². The van der Waals surface area contributed by atoms with Gasteiger partial charge in [0.05, 0.1) is 0 Å². The molecule has 3 N–H and O–H groups in total. The van der Waals surface area contributed by atoms with Gasteiger partial charge in [-0.3, -0.25) is 4.79 Å². The smallest absolute Gasteiger partial charge is 0.242 e. The molecule has 0 fully saturated rings. The van der Waals surface area contributed by atoms with Crippen molar-refractivity contribution in [2.45, 2.75) is 13.0 Å². The van der Waals surface area contributed by atoms with Crippen LogP contribution in [0.1, 0.15) is 5.56 Å². The number of carbonyl (C=O) groups is 1. The molecule has 1 aliphatic rings. The zero-order valence-corrected chi connectivity index (χ0v) is 11.6. The molecular formula is C13H17N7O. The van der Waals surface area contributed by atoms with Gasteiger partial charge in [-0.1, -0.05) is 23.3 Å². The van der Waals surface area contributed by atoms with Crippen LogP contribution in [0.4, 0.5) is 11.6 Å². The van der Waals surface area contributed by atoms with Crippen molar-refractivity contribution < 1.29 is 4.79 Å². The van der Waals surface area contributed by atoms with Crippen molar-refractivity contribution in [3.05, 3.63) is 29.8 Å². The van der Waals surface area contributed by atoms with Crippen molar-refractivity contribution >= 4 is 17.5 Å². The number of para-hydroxylation sites is 1. The summed E-state index contributed by atoms with van der Waals surface area (Å²) in [5.74, 6) is -0.0138. The lowest BCUT2D eigenvalue weighted by atomic mass is 10.2. The fourth-order valence-electron chi connectivity index (χ4n) is 2.49. The van der Waals surface area contributed by atoms with Gasteiger partial charge in [-0.2, -0.15) is 0 Å². The predicted octanol–water partition coefficient (Wildman–Crippen LogP) is -0.566. The first-order valence-electron chi connectivity index (χ1n) is 6.85. The number of amides is 1. The molecule has 2 aromatic rings. The van der Waals surface area contributed by atoms with E-state index in [1.807, 2.05) is 6.07 Å². The average molecular weight is 287 g/mol. The van der Waals surface area contributed by atoms with Crippen LogP contribution < -0.4 is 16.0 Å². The van der Waals surface area contributed by atoms with Crippen LogP contribution >= 0.6 is 0 Å². The highest BCUT2D eigenvalue weighted by atomic mass is 16.2. The topological polar surface area (TPSA) is 102 Å². The van der Waals surface area contributed by atoms with Crippen LogP contribution in [0.15, 0.2) is 24.3 Å². The lowest BCUT2D eigenvalue weighted by molar-refractivity contribution is -0.121. The molecule has 0 atom stereocenters. The zero-order chi connectivity index (χ0) is 14.7. The van der Waals surface area contributed by atoms with Crippen LogP contribution in [0.2, 0.25) is 0 Å². The molecule has 110 valence electrons. The van der Waals surface area contributed by atoms with E-state index in [0.29, 0.717) is 6.54 Å². The summed E-state index contributed by atoms with van der Waals surface area (Å²) in [6.45, 7) is 2.40. The number of hydrogen-bond acceptors (Lipinski definition) is 6. The predicted molar refractivity (Wildman–Crippen MR) is 77.6 cm³/mol. The number of fused-ring (bicyclic) bond motifs is 1. The normalized spacial score (nSPS) is 13.2. The number of carbonyl (C=O) groups excluding carboxylic acids is 1. The monoisotopic (exact) mass is 287 g/mol. The molecule has 1 aromatic carbocycles. The van der Waals surface area contributed by atoms with Gasteiger partial charge in [-0.25, -0.2) is 4.68 Å². The molecule has 1 amide bonds. The van der Waals surface area contributed by atoms with E-state index in [9.17, 15) is 4.79 Å². The molecule has 0 bridgehead atoms. The molecule has 1 aromatic heterocycles. The Labute approximate surface area is 121 Å². The molecule has 1 aliphatic heterocycles. The van der Waals surface area contributed by atoms with E-state index in [-0.39, 0.29) is 18.4 Å². The maximum Gasteiger partial charge on any atom is 0.242 e. The molecule has 0 spiro atoms. The van der Waals surface area contributed by atoms with E-state index >= 15 is 0 Å². The molecule has 8 heteroatoms. The lowest BCUT2D eigenvalue weighted by Gasteiger charge is -2.19. The summed E-state index contributed by atoms with van der Waals surface area (Å²) >= 11 is 0. The highest BCUT2D eigenvalue weighted by molar-refractivity contribution is 5.75. The third kappa shape index (κ3) is 2.93. The summed E-state index contributed by atoms with van der Waals surface area (Å²) < 4.78 is 1.26. The lowest BCUT2D eigenvalue weighted by Crippen LogP contribution is -2.36. The molecule has 21 heavy (non-hydrogen) atoms. The maximum atomic E-state index is 11.8. The van der Waals surface area contributed by atoms with E-state index in [4.69, 9.17) is 5.73 Å². The second kappa shape index (κ2) is 5.78. The van der Waals surface area contributed by atoms with Crippen molar-refractivity contribution in [1.82, 2.24) is 25.5 Å². The van der Waals surface area contributed by atoms with E-state index in [2.05, 4.69) is 43.9 Å². The number of nitrogens with one attached hydrogen (secondary N) is 1. The molecule has 0 saturated heterocycles. The fourth-order valence-corrected chi connectivity index (χ4v) is 2.49. The number of benzene rings is 1. The van der Waals surface area contributed by atoms with Gasteiger partial charge in [0, 0.05) is 25.3 Å². The first-order valence-corrected chi connectivity index (χ1v) is 6.85. The Balaban J connectivity index is 1.47. The Morgan fingerprint density at radius 2 is 2.24 bits per heavy atom. The molecule has 8 nitrogen and oxygen atoms in total. The Bertz CT molecular complexity index is 639. The minimum Gasteiger partial charge on any atom is -0.369 e. The van der Waals surface area contributed by atoms with E-state index in [1.165, 1.54) is 15.9 Å². The number of hydrogen-bond donors (Lipinski definition) is 2. The highest BCUT2D eigenvalue weighted by Gasteiger charge is 2.17. The first kappa shape index (κ1) is 13.3. The van der Waals surface area contributed by atoms with Crippen molar-refractivity contribution in [2.24, 2.45) is 0 Å². The van der Waals surface area contributed by atoms with Gasteiger partial charge in [0.2, 0.25) is 11.9 Å². The third-order valence-corrected chi connectivity index (χ3v) is 3.54. The van der Waals surface area contributed by atoms with Crippen LogP contribution in [0.5, 0.6) is 0 Å². The number of nitrogen functional groups attached to an aromatic ring is 1. The quantitative estimate of drug-likeness (QED) is 0.764. The van der Waals surface area contributed by atoms with Crippen molar-refractivity contribution in [3.8, 4) is 0 Å². The third-order valence-electron chi connectivity index (χ3n) is 3.54. The minimum atomic E-state index is -0.151. The van der Waals surface area contributed by atoms with Crippen LogP contribution in [0.25, 0.3) is 0 Å². The minimum absolute atomic E-state index is 0.0371. The molecule has 0 aliphatic carbocycles. The number of rotatable bonds is 5. The van der Waals surface area contributed by atoms with Gasteiger partial charge in [-0.05, 0) is 28.5 Å². The second-order valence-corrected chi connectivity index (χ2v) is 4.91. The van der Waals surface area contributed by atoms with Crippen LogP contribution in [0.3, 0.4) is 0 Å².